The number of thiophene rings is 1. The minimum atomic E-state index is 1.02. The van der Waals surface area contributed by atoms with E-state index < -0.39 is 0 Å². The largest absolute Gasteiger partial charge is 0.256 e. The average molecular weight is 538 g/mol. The SMILES string of the molecule is c1ccc2cc(-c3c4ccccc4c(-c4cccc5sc6ccccc6c45)c4cnc5ccccc5c34)ccc2c1. The van der Waals surface area contributed by atoms with Crippen LogP contribution in [0.2, 0.25) is 0 Å². The smallest absolute Gasteiger partial charge is 0.0708 e. The predicted molar refractivity (Wildman–Crippen MR) is 178 cm³/mol. The Bertz CT molecular complexity index is 2480. The molecule has 0 saturated heterocycles. The van der Waals surface area contributed by atoms with Crippen molar-refractivity contribution in [3.05, 3.63) is 140 Å². The highest BCUT2D eigenvalue weighted by atomic mass is 32.1. The number of pyridine rings is 1. The van der Waals surface area contributed by atoms with E-state index in [0.717, 1.165) is 5.52 Å². The van der Waals surface area contributed by atoms with Crippen LogP contribution in [0.4, 0.5) is 0 Å². The van der Waals surface area contributed by atoms with Crippen molar-refractivity contribution in [1.29, 1.82) is 0 Å². The molecule has 0 bridgehead atoms. The van der Waals surface area contributed by atoms with Gasteiger partial charge in [-0.05, 0) is 68.1 Å². The molecule has 0 aliphatic rings. The molecular weight excluding hydrogens is 515 g/mol. The van der Waals surface area contributed by atoms with Gasteiger partial charge in [-0.3, -0.25) is 4.98 Å². The van der Waals surface area contributed by atoms with Crippen LogP contribution >= 0.6 is 11.3 Å². The summed E-state index contributed by atoms with van der Waals surface area (Å²) in [5, 5.41) is 11.3. The molecule has 0 N–H and O–H groups in total. The molecule has 0 atom stereocenters. The van der Waals surface area contributed by atoms with E-state index in [2.05, 4.69) is 140 Å². The Kier molecular flexibility index (Phi) is 4.84. The molecule has 7 aromatic carbocycles. The number of nitrogens with zero attached hydrogens (tertiary/aromatic N) is 1. The van der Waals surface area contributed by atoms with E-state index in [1.54, 1.807) is 0 Å². The number of benzene rings is 7. The van der Waals surface area contributed by atoms with Crippen LogP contribution in [0.3, 0.4) is 0 Å². The summed E-state index contributed by atoms with van der Waals surface area (Å²) in [5.74, 6) is 0. The van der Waals surface area contributed by atoms with E-state index in [4.69, 9.17) is 4.98 Å². The lowest BCUT2D eigenvalue weighted by molar-refractivity contribution is 1.45. The number of aromatic nitrogens is 1. The summed E-state index contributed by atoms with van der Waals surface area (Å²) in [4.78, 5) is 5.02. The molecule has 9 aromatic rings. The molecule has 190 valence electrons. The van der Waals surface area contributed by atoms with Gasteiger partial charge in [0, 0.05) is 42.5 Å². The van der Waals surface area contributed by atoms with Crippen molar-refractivity contribution in [2.45, 2.75) is 0 Å². The maximum absolute atomic E-state index is 5.02. The first-order chi connectivity index (χ1) is 20.3. The van der Waals surface area contributed by atoms with Crippen molar-refractivity contribution < 1.29 is 0 Å². The van der Waals surface area contributed by atoms with Crippen molar-refractivity contribution in [3.63, 3.8) is 0 Å². The van der Waals surface area contributed by atoms with Gasteiger partial charge in [-0.1, -0.05) is 109 Å². The van der Waals surface area contributed by atoms with Crippen LogP contribution in [0.25, 0.3) is 85.6 Å². The summed E-state index contributed by atoms with van der Waals surface area (Å²) in [6.07, 6.45) is 2.11. The third kappa shape index (κ3) is 3.32. The summed E-state index contributed by atoms with van der Waals surface area (Å²) in [7, 11) is 0. The van der Waals surface area contributed by atoms with Gasteiger partial charge in [0.25, 0.3) is 0 Å². The highest BCUT2D eigenvalue weighted by Crippen LogP contribution is 2.49. The zero-order chi connectivity index (χ0) is 26.9. The van der Waals surface area contributed by atoms with Crippen LogP contribution in [0.15, 0.2) is 140 Å². The summed E-state index contributed by atoms with van der Waals surface area (Å²) >= 11 is 1.87. The third-order valence-corrected chi connectivity index (χ3v) is 9.61. The summed E-state index contributed by atoms with van der Waals surface area (Å²) in [6, 6.07) is 48.5. The van der Waals surface area contributed by atoms with Crippen LogP contribution < -0.4 is 0 Å². The zero-order valence-electron chi connectivity index (χ0n) is 22.1. The van der Waals surface area contributed by atoms with E-state index >= 15 is 0 Å². The first-order valence-corrected chi connectivity index (χ1v) is 14.8. The second-order valence-corrected chi connectivity index (χ2v) is 11.8. The van der Waals surface area contributed by atoms with E-state index in [9.17, 15) is 0 Å². The Morgan fingerprint density at radius 2 is 1.12 bits per heavy atom. The third-order valence-electron chi connectivity index (χ3n) is 8.47. The standard InChI is InChI=1S/C39H23NS/c1-2-11-25-22-26(21-20-24(25)10-1)36-27-12-3-4-13-28(27)37(32-23-40-33-17-7-5-14-29(33)39(32)36)31-16-9-19-35-38(31)30-15-6-8-18-34(30)41-35/h1-23H. The second-order valence-electron chi connectivity index (χ2n) is 10.7. The second kappa shape index (κ2) is 8.72. The molecule has 1 nitrogen and oxygen atoms in total. The maximum Gasteiger partial charge on any atom is 0.0708 e. The van der Waals surface area contributed by atoms with E-state index in [0.29, 0.717) is 0 Å². The first-order valence-electron chi connectivity index (χ1n) is 14.0. The van der Waals surface area contributed by atoms with Gasteiger partial charge in [-0.25, -0.2) is 0 Å². The van der Waals surface area contributed by atoms with Gasteiger partial charge in [0.15, 0.2) is 0 Å². The molecule has 2 heterocycles. The Hall–Kier alpha value is -5.05. The maximum atomic E-state index is 5.02. The summed E-state index contributed by atoms with van der Waals surface area (Å²) in [5.41, 5.74) is 6.04. The van der Waals surface area contributed by atoms with Gasteiger partial charge >= 0.3 is 0 Å². The van der Waals surface area contributed by atoms with Crippen LogP contribution in [0.5, 0.6) is 0 Å². The Morgan fingerprint density at radius 3 is 2.00 bits per heavy atom. The molecule has 0 aliphatic carbocycles. The molecule has 0 amide bonds. The molecular formula is C39H23NS. The van der Waals surface area contributed by atoms with Crippen LogP contribution in [0, 0.1) is 0 Å². The van der Waals surface area contributed by atoms with Gasteiger partial charge < -0.3 is 0 Å². The Morgan fingerprint density at radius 1 is 0.439 bits per heavy atom. The molecule has 2 aromatic heterocycles. The molecule has 41 heavy (non-hydrogen) atoms. The van der Waals surface area contributed by atoms with E-state index in [1.807, 2.05) is 11.3 Å². The normalized spacial score (nSPS) is 11.9. The van der Waals surface area contributed by atoms with Crippen molar-refractivity contribution in [2.24, 2.45) is 0 Å². The molecule has 0 unspecified atom stereocenters. The zero-order valence-corrected chi connectivity index (χ0v) is 23.0. The topological polar surface area (TPSA) is 12.9 Å². The van der Waals surface area contributed by atoms with Crippen molar-refractivity contribution in [3.8, 4) is 22.3 Å². The van der Waals surface area contributed by atoms with E-state index in [1.165, 1.54) is 80.1 Å². The minimum absolute atomic E-state index is 1.02. The fraction of sp³-hybridized carbons (Fsp3) is 0. The van der Waals surface area contributed by atoms with E-state index in [-0.39, 0.29) is 0 Å². The molecule has 0 saturated carbocycles. The Balaban J connectivity index is 1.52. The average Bonchev–Trinajstić information content (AvgIpc) is 3.42. The van der Waals surface area contributed by atoms with Gasteiger partial charge in [0.1, 0.15) is 0 Å². The van der Waals surface area contributed by atoms with Crippen LogP contribution in [-0.2, 0) is 0 Å². The van der Waals surface area contributed by atoms with Crippen LogP contribution in [-0.4, -0.2) is 4.98 Å². The molecule has 0 radical (unpaired) electrons. The lowest BCUT2D eigenvalue weighted by Gasteiger charge is -2.20. The van der Waals surface area contributed by atoms with Crippen LogP contribution in [0.1, 0.15) is 0 Å². The predicted octanol–water partition coefficient (Wildman–Crippen LogP) is 11.4. The highest BCUT2D eigenvalue weighted by Gasteiger charge is 2.21. The van der Waals surface area contributed by atoms with Gasteiger partial charge in [0.2, 0.25) is 0 Å². The number of rotatable bonds is 2. The minimum Gasteiger partial charge on any atom is -0.256 e. The van der Waals surface area contributed by atoms with Crippen molar-refractivity contribution in [1.82, 2.24) is 4.98 Å². The van der Waals surface area contributed by atoms with Crippen molar-refractivity contribution >= 4 is 74.7 Å². The summed E-state index contributed by atoms with van der Waals surface area (Å²) in [6.45, 7) is 0. The Labute approximate surface area is 240 Å². The van der Waals surface area contributed by atoms with Gasteiger partial charge in [0.05, 0.1) is 5.52 Å². The fourth-order valence-corrected chi connectivity index (χ4v) is 7.85. The number of hydrogen-bond acceptors (Lipinski definition) is 2. The number of para-hydroxylation sites is 1. The lowest BCUT2D eigenvalue weighted by atomic mass is 9.84. The quantitative estimate of drug-likeness (QED) is 0.158. The molecule has 0 aliphatic heterocycles. The summed E-state index contributed by atoms with van der Waals surface area (Å²) < 4.78 is 2.63. The molecule has 2 heteroatoms. The molecule has 9 rings (SSSR count). The molecule has 0 fully saturated rings. The highest BCUT2D eigenvalue weighted by molar-refractivity contribution is 7.25. The number of fused-ring (bicyclic) bond motifs is 8. The van der Waals surface area contributed by atoms with Gasteiger partial charge in [-0.15, -0.1) is 11.3 Å². The lowest BCUT2D eigenvalue weighted by Crippen LogP contribution is -1.93. The fourth-order valence-electron chi connectivity index (χ4n) is 6.72. The first kappa shape index (κ1) is 22.7. The molecule has 0 spiro atoms. The van der Waals surface area contributed by atoms with Gasteiger partial charge in [-0.2, -0.15) is 0 Å². The van der Waals surface area contributed by atoms with Crippen molar-refractivity contribution in [2.75, 3.05) is 0 Å². The number of hydrogen-bond donors (Lipinski definition) is 0. The monoisotopic (exact) mass is 537 g/mol.